The average Bonchev–Trinajstić information content (AvgIpc) is 2.95. The Bertz CT molecular complexity index is 987. The molecule has 1 N–H and O–H groups in total. The van der Waals surface area contributed by atoms with Crippen molar-refractivity contribution in [1.82, 2.24) is 4.31 Å². The highest BCUT2D eigenvalue weighted by Gasteiger charge is 2.26. The maximum Gasteiger partial charge on any atom is 0.255 e. The smallest absolute Gasteiger partial charge is 0.255 e. The topological polar surface area (TPSA) is 66.5 Å². The van der Waals surface area contributed by atoms with Crippen LogP contribution in [0, 0.1) is 12.7 Å². The molecule has 8 heteroatoms. The third kappa shape index (κ3) is 4.54. The summed E-state index contributed by atoms with van der Waals surface area (Å²) in [5.41, 5.74) is 1.22. The lowest BCUT2D eigenvalue weighted by molar-refractivity contribution is 0.102. The molecule has 3 rings (SSSR count). The van der Waals surface area contributed by atoms with E-state index in [0.29, 0.717) is 24.3 Å². The molecule has 1 saturated heterocycles. The molecule has 2 aromatic carbocycles. The lowest BCUT2D eigenvalue weighted by atomic mass is 10.1. The number of aryl methyl sites for hydroxylation is 1. The summed E-state index contributed by atoms with van der Waals surface area (Å²) in [7, 11) is -3.66. The molecule has 1 amide bonds. The van der Waals surface area contributed by atoms with Gasteiger partial charge in [-0.25, -0.2) is 12.8 Å². The highest BCUT2D eigenvalue weighted by atomic mass is 35.5. The fourth-order valence-corrected chi connectivity index (χ4v) is 4.93. The number of rotatable bonds is 4. The predicted molar refractivity (Wildman–Crippen MR) is 108 cm³/mol. The standard InChI is InChI=1S/C20H22ClFN2O3S/c1-14-6-8-16(28(26,27)24-10-4-2-3-5-11-24)13-17(14)20(25)23-15-7-9-19(22)18(21)12-15/h6-9,12-13H,2-5,10-11H2,1H3,(H,23,25). The zero-order chi connectivity index (χ0) is 20.3. The molecule has 1 aliphatic heterocycles. The van der Waals surface area contributed by atoms with E-state index in [9.17, 15) is 17.6 Å². The number of nitrogens with one attached hydrogen (secondary N) is 1. The molecule has 1 heterocycles. The lowest BCUT2D eigenvalue weighted by Gasteiger charge is -2.20. The first-order valence-electron chi connectivity index (χ1n) is 9.16. The van der Waals surface area contributed by atoms with Crippen molar-refractivity contribution in [3.8, 4) is 0 Å². The maximum absolute atomic E-state index is 13.3. The van der Waals surface area contributed by atoms with Gasteiger partial charge in [0.1, 0.15) is 5.82 Å². The summed E-state index contributed by atoms with van der Waals surface area (Å²) in [4.78, 5) is 12.8. The summed E-state index contributed by atoms with van der Waals surface area (Å²) < 4.78 is 40.8. The van der Waals surface area contributed by atoms with E-state index in [1.165, 1.54) is 28.6 Å². The predicted octanol–water partition coefficient (Wildman–Crippen LogP) is 4.60. The van der Waals surface area contributed by atoms with Crippen molar-refractivity contribution in [2.45, 2.75) is 37.5 Å². The summed E-state index contributed by atoms with van der Waals surface area (Å²) in [5.74, 6) is -1.06. The number of sulfonamides is 1. The Morgan fingerprint density at radius 1 is 1.07 bits per heavy atom. The molecule has 150 valence electrons. The van der Waals surface area contributed by atoms with E-state index in [1.807, 2.05) is 0 Å². The largest absolute Gasteiger partial charge is 0.322 e. The Morgan fingerprint density at radius 3 is 2.39 bits per heavy atom. The number of carbonyl (C=O) groups excluding carboxylic acids is 1. The summed E-state index contributed by atoms with van der Waals surface area (Å²) in [6.45, 7) is 2.71. The van der Waals surface area contributed by atoms with Crippen molar-refractivity contribution in [2.24, 2.45) is 0 Å². The molecule has 2 aromatic rings. The normalized spacial score (nSPS) is 15.8. The molecule has 1 fully saturated rings. The number of benzene rings is 2. The molecular formula is C20H22ClFN2O3S. The molecule has 0 unspecified atom stereocenters. The van der Waals surface area contributed by atoms with Crippen LogP contribution in [0.25, 0.3) is 0 Å². The quantitative estimate of drug-likeness (QED) is 0.779. The second kappa shape index (κ2) is 8.59. The van der Waals surface area contributed by atoms with Crippen LogP contribution in [0.4, 0.5) is 10.1 Å². The van der Waals surface area contributed by atoms with Crippen LogP contribution in [0.2, 0.25) is 5.02 Å². The van der Waals surface area contributed by atoms with Gasteiger partial charge in [0.05, 0.1) is 9.92 Å². The number of amides is 1. The minimum absolute atomic E-state index is 0.0993. The van der Waals surface area contributed by atoms with Crippen molar-refractivity contribution in [1.29, 1.82) is 0 Å². The van der Waals surface area contributed by atoms with Crippen LogP contribution < -0.4 is 5.32 Å². The van der Waals surface area contributed by atoms with Crippen molar-refractivity contribution in [2.75, 3.05) is 18.4 Å². The van der Waals surface area contributed by atoms with E-state index in [-0.39, 0.29) is 15.5 Å². The zero-order valence-electron chi connectivity index (χ0n) is 15.5. The van der Waals surface area contributed by atoms with Crippen LogP contribution >= 0.6 is 11.6 Å². The summed E-state index contributed by atoms with van der Waals surface area (Å²) in [6, 6.07) is 8.41. The van der Waals surface area contributed by atoms with Crippen molar-refractivity contribution in [3.63, 3.8) is 0 Å². The van der Waals surface area contributed by atoms with E-state index in [2.05, 4.69) is 5.32 Å². The molecule has 1 aliphatic rings. The number of halogens is 2. The number of nitrogens with zero attached hydrogens (tertiary/aromatic N) is 1. The Labute approximate surface area is 169 Å². The molecule has 0 radical (unpaired) electrons. The number of hydrogen-bond acceptors (Lipinski definition) is 3. The molecule has 0 aliphatic carbocycles. The van der Waals surface area contributed by atoms with Crippen LogP contribution in [-0.4, -0.2) is 31.7 Å². The van der Waals surface area contributed by atoms with Gasteiger partial charge in [0, 0.05) is 24.3 Å². The van der Waals surface area contributed by atoms with Crippen LogP contribution in [0.15, 0.2) is 41.3 Å². The fraction of sp³-hybridized carbons (Fsp3) is 0.350. The Hall–Kier alpha value is -1.96. The highest BCUT2D eigenvalue weighted by Crippen LogP contribution is 2.24. The van der Waals surface area contributed by atoms with Gasteiger partial charge < -0.3 is 5.32 Å². The molecule has 0 bridgehead atoms. The number of carbonyl (C=O) groups is 1. The second-order valence-corrected chi connectivity index (χ2v) is 9.22. The third-order valence-electron chi connectivity index (χ3n) is 4.83. The van der Waals surface area contributed by atoms with E-state index in [0.717, 1.165) is 31.7 Å². The van der Waals surface area contributed by atoms with Crippen molar-refractivity contribution >= 4 is 33.2 Å². The van der Waals surface area contributed by atoms with Gasteiger partial charge in [0.15, 0.2) is 0 Å². The maximum atomic E-state index is 13.3. The van der Waals surface area contributed by atoms with E-state index in [4.69, 9.17) is 11.6 Å². The van der Waals surface area contributed by atoms with Gasteiger partial charge >= 0.3 is 0 Å². The van der Waals surface area contributed by atoms with Gasteiger partial charge in [-0.3, -0.25) is 4.79 Å². The van der Waals surface area contributed by atoms with Crippen molar-refractivity contribution in [3.05, 3.63) is 58.4 Å². The Morgan fingerprint density at radius 2 is 1.75 bits per heavy atom. The molecule has 0 aromatic heterocycles. The van der Waals surface area contributed by atoms with Gasteiger partial charge in [0.25, 0.3) is 5.91 Å². The molecule has 0 atom stereocenters. The Balaban J connectivity index is 1.88. The van der Waals surface area contributed by atoms with Gasteiger partial charge in [-0.05, 0) is 55.7 Å². The molecular weight excluding hydrogens is 403 g/mol. The lowest BCUT2D eigenvalue weighted by Crippen LogP contribution is -2.32. The van der Waals surface area contributed by atoms with Crippen LogP contribution in [0.5, 0.6) is 0 Å². The molecule has 28 heavy (non-hydrogen) atoms. The first-order valence-corrected chi connectivity index (χ1v) is 11.0. The molecule has 5 nitrogen and oxygen atoms in total. The SMILES string of the molecule is Cc1ccc(S(=O)(=O)N2CCCCCC2)cc1C(=O)Nc1ccc(F)c(Cl)c1. The minimum atomic E-state index is -3.66. The van der Waals surface area contributed by atoms with E-state index in [1.54, 1.807) is 13.0 Å². The monoisotopic (exact) mass is 424 g/mol. The minimum Gasteiger partial charge on any atom is -0.322 e. The summed E-state index contributed by atoms with van der Waals surface area (Å²) in [5, 5.41) is 2.53. The van der Waals surface area contributed by atoms with Gasteiger partial charge in [-0.2, -0.15) is 4.31 Å². The van der Waals surface area contributed by atoms with Gasteiger partial charge in [0.2, 0.25) is 10.0 Å². The van der Waals surface area contributed by atoms with Gasteiger partial charge in [-0.1, -0.05) is 30.5 Å². The third-order valence-corrected chi connectivity index (χ3v) is 7.02. The van der Waals surface area contributed by atoms with Crippen LogP contribution in [0.3, 0.4) is 0 Å². The van der Waals surface area contributed by atoms with E-state index >= 15 is 0 Å². The summed E-state index contributed by atoms with van der Waals surface area (Å²) in [6.07, 6.45) is 3.72. The summed E-state index contributed by atoms with van der Waals surface area (Å²) >= 11 is 5.75. The average molecular weight is 425 g/mol. The number of hydrogen-bond donors (Lipinski definition) is 1. The molecule has 0 spiro atoms. The van der Waals surface area contributed by atoms with E-state index < -0.39 is 21.7 Å². The Kier molecular flexibility index (Phi) is 6.37. The second-order valence-electron chi connectivity index (χ2n) is 6.88. The first-order chi connectivity index (χ1) is 13.3. The van der Waals surface area contributed by atoms with Crippen molar-refractivity contribution < 1.29 is 17.6 Å². The highest BCUT2D eigenvalue weighted by molar-refractivity contribution is 7.89. The van der Waals surface area contributed by atoms with Crippen LogP contribution in [0.1, 0.15) is 41.6 Å². The fourth-order valence-electron chi connectivity index (χ4n) is 3.21. The van der Waals surface area contributed by atoms with Crippen LogP contribution in [-0.2, 0) is 10.0 Å². The first kappa shape index (κ1) is 20.8. The number of anilines is 1. The zero-order valence-corrected chi connectivity index (χ0v) is 17.1. The molecule has 0 saturated carbocycles. The van der Waals surface area contributed by atoms with Gasteiger partial charge in [-0.15, -0.1) is 0 Å².